The largest absolute Gasteiger partial charge is 0.478 e. The van der Waals surface area contributed by atoms with Crippen LogP contribution in [-0.4, -0.2) is 21.0 Å². The van der Waals surface area contributed by atoms with Crippen LogP contribution in [0.4, 0.5) is 11.6 Å². The van der Waals surface area contributed by atoms with Crippen molar-refractivity contribution in [3.8, 4) is 0 Å². The van der Waals surface area contributed by atoms with Gasteiger partial charge in [-0.1, -0.05) is 11.6 Å². The third kappa shape index (κ3) is 2.75. The number of carbonyl (C=O) groups is 1. The molecule has 6 heteroatoms. The van der Waals surface area contributed by atoms with Crippen molar-refractivity contribution in [2.45, 2.75) is 6.92 Å². The fourth-order valence-corrected chi connectivity index (χ4v) is 1.67. The van der Waals surface area contributed by atoms with Crippen LogP contribution in [0.3, 0.4) is 0 Å². The first-order chi connectivity index (χ1) is 8.56. The van der Waals surface area contributed by atoms with Crippen LogP contribution in [0.1, 0.15) is 16.1 Å². The standard InChI is InChI=1S/C12H10ClN3O2/c1-7-4-5-14-12(15-7)16-8-2-3-9(11(17)18)10(13)6-8/h2-6H,1H3,(H,17,18)(H,14,15,16). The highest BCUT2D eigenvalue weighted by atomic mass is 35.5. The van der Waals surface area contributed by atoms with Gasteiger partial charge in [0.05, 0.1) is 10.6 Å². The van der Waals surface area contributed by atoms with Gasteiger partial charge in [0.2, 0.25) is 5.95 Å². The van der Waals surface area contributed by atoms with Crippen LogP contribution in [0.15, 0.2) is 30.5 Å². The van der Waals surface area contributed by atoms with Crippen LogP contribution in [0.25, 0.3) is 0 Å². The maximum absolute atomic E-state index is 10.8. The lowest BCUT2D eigenvalue weighted by Gasteiger charge is -2.06. The van der Waals surface area contributed by atoms with E-state index in [4.69, 9.17) is 16.7 Å². The van der Waals surface area contributed by atoms with Crippen LogP contribution in [0.5, 0.6) is 0 Å². The number of aryl methyl sites for hydroxylation is 1. The van der Waals surface area contributed by atoms with Crippen LogP contribution >= 0.6 is 11.6 Å². The Bertz CT molecular complexity index is 602. The lowest BCUT2D eigenvalue weighted by atomic mass is 10.2. The maximum Gasteiger partial charge on any atom is 0.337 e. The first-order valence-electron chi connectivity index (χ1n) is 5.16. The number of anilines is 2. The molecule has 1 heterocycles. The molecule has 0 saturated heterocycles. The zero-order valence-electron chi connectivity index (χ0n) is 9.51. The number of nitrogens with one attached hydrogen (secondary N) is 1. The molecular formula is C12H10ClN3O2. The number of aromatic carboxylic acids is 1. The summed E-state index contributed by atoms with van der Waals surface area (Å²) >= 11 is 5.86. The number of hydrogen-bond acceptors (Lipinski definition) is 4. The normalized spacial score (nSPS) is 10.1. The zero-order valence-corrected chi connectivity index (χ0v) is 10.3. The monoisotopic (exact) mass is 263 g/mol. The third-order valence-corrected chi connectivity index (χ3v) is 2.56. The predicted octanol–water partition coefficient (Wildman–Crippen LogP) is 2.88. The summed E-state index contributed by atoms with van der Waals surface area (Å²) in [6, 6.07) is 6.35. The van der Waals surface area contributed by atoms with E-state index in [1.165, 1.54) is 12.1 Å². The first-order valence-corrected chi connectivity index (χ1v) is 5.53. The summed E-state index contributed by atoms with van der Waals surface area (Å²) in [5.74, 6) is -0.618. The average molecular weight is 264 g/mol. The predicted molar refractivity (Wildman–Crippen MR) is 68.5 cm³/mol. The van der Waals surface area contributed by atoms with E-state index in [1.807, 2.05) is 6.92 Å². The summed E-state index contributed by atoms with van der Waals surface area (Å²) in [7, 11) is 0. The van der Waals surface area contributed by atoms with Crippen molar-refractivity contribution in [3.63, 3.8) is 0 Å². The van der Waals surface area contributed by atoms with E-state index in [2.05, 4.69) is 15.3 Å². The molecule has 2 N–H and O–H groups in total. The van der Waals surface area contributed by atoms with Gasteiger partial charge in [-0.25, -0.2) is 14.8 Å². The molecule has 5 nitrogen and oxygen atoms in total. The van der Waals surface area contributed by atoms with Crippen molar-refractivity contribution in [1.82, 2.24) is 9.97 Å². The minimum atomic E-state index is -1.06. The molecule has 0 atom stereocenters. The second kappa shape index (κ2) is 5.01. The van der Waals surface area contributed by atoms with Crippen molar-refractivity contribution < 1.29 is 9.90 Å². The summed E-state index contributed by atoms with van der Waals surface area (Å²) in [4.78, 5) is 19.0. The maximum atomic E-state index is 10.8. The lowest BCUT2D eigenvalue weighted by Crippen LogP contribution is -2.00. The van der Waals surface area contributed by atoms with Crippen LogP contribution in [0, 0.1) is 6.92 Å². The van der Waals surface area contributed by atoms with Crippen LogP contribution < -0.4 is 5.32 Å². The Morgan fingerprint density at radius 2 is 2.17 bits per heavy atom. The molecule has 0 radical (unpaired) electrons. The second-order valence-corrected chi connectivity index (χ2v) is 4.05. The smallest absolute Gasteiger partial charge is 0.337 e. The van der Waals surface area contributed by atoms with Crippen molar-refractivity contribution >= 4 is 29.2 Å². The molecule has 2 aromatic rings. The molecule has 92 valence electrons. The molecule has 0 saturated carbocycles. The number of carboxylic acid groups (broad SMARTS) is 1. The summed E-state index contributed by atoms with van der Waals surface area (Å²) in [6.45, 7) is 1.85. The highest BCUT2D eigenvalue weighted by Gasteiger charge is 2.09. The Labute approximate surface area is 108 Å². The highest BCUT2D eigenvalue weighted by Crippen LogP contribution is 2.22. The van der Waals surface area contributed by atoms with Crippen molar-refractivity contribution in [2.24, 2.45) is 0 Å². The summed E-state index contributed by atoms with van der Waals surface area (Å²) in [5, 5.41) is 12.0. The van der Waals surface area contributed by atoms with E-state index in [1.54, 1.807) is 18.3 Å². The van der Waals surface area contributed by atoms with E-state index in [-0.39, 0.29) is 10.6 Å². The van der Waals surface area contributed by atoms with Gasteiger partial charge < -0.3 is 10.4 Å². The lowest BCUT2D eigenvalue weighted by molar-refractivity contribution is 0.0697. The van der Waals surface area contributed by atoms with Crippen molar-refractivity contribution in [2.75, 3.05) is 5.32 Å². The average Bonchev–Trinajstić information content (AvgIpc) is 2.28. The quantitative estimate of drug-likeness (QED) is 0.891. The Morgan fingerprint density at radius 3 is 2.78 bits per heavy atom. The molecule has 0 fully saturated rings. The van der Waals surface area contributed by atoms with Gasteiger partial charge in [-0.3, -0.25) is 0 Å². The molecule has 0 unspecified atom stereocenters. The minimum Gasteiger partial charge on any atom is -0.478 e. The van der Waals surface area contributed by atoms with E-state index < -0.39 is 5.97 Å². The van der Waals surface area contributed by atoms with Gasteiger partial charge in [-0.05, 0) is 31.2 Å². The Balaban J connectivity index is 2.25. The summed E-state index contributed by atoms with van der Waals surface area (Å²) < 4.78 is 0. The highest BCUT2D eigenvalue weighted by molar-refractivity contribution is 6.33. The van der Waals surface area contributed by atoms with Gasteiger partial charge in [0, 0.05) is 17.6 Å². The fraction of sp³-hybridized carbons (Fsp3) is 0.0833. The summed E-state index contributed by atoms with van der Waals surface area (Å²) in [6.07, 6.45) is 1.64. The van der Waals surface area contributed by atoms with Crippen LogP contribution in [-0.2, 0) is 0 Å². The molecule has 0 amide bonds. The van der Waals surface area contributed by atoms with E-state index >= 15 is 0 Å². The molecule has 0 aliphatic carbocycles. The topological polar surface area (TPSA) is 75.1 Å². The van der Waals surface area contributed by atoms with Gasteiger partial charge in [-0.15, -0.1) is 0 Å². The van der Waals surface area contributed by atoms with E-state index in [9.17, 15) is 4.79 Å². The number of nitrogens with zero attached hydrogens (tertiary/aromatic N) is 2. The molecule has 0 aliphatic rings. The Morgan fingerprint density at radius 1 is 1.39 bits per heavy atom. The number of aromatic nitrogens is 2. The number of benzene rings is 1. The fourth-order valence-electron chi connectivity index (χ4n) is 1.40. The molecule has 1 aromatic heterocycles. The van der Waals surface area contributed by atoms with Crippen LogP contribution in [0.2, 0.25) is 5.02 Å². The van der Waals surface area contributed by atoms with Crippen molar-refractivity contribution in [1.29, 1.82) is 0 Å². The molecule has 2 rings (SSSR count). The molecule has 1 aromatic carbocycles. The molecule has 18 heavy (non-hydrogen) atoms. The van der Waals surface area contributed by atoms with E-state index in [0.717, 1.165) is 5.69 Å². The van der Waals surface area contributed by atoms with Gasteiger partial charge in [-0.2, -0.15) is 0 Å². The number of carboxylic acids is 1. The van der Waals surface area contributed by atoms with Gasteiger partial charge in [0.1, 0.15) is 0 Å². The molecule has 0 bridgehead atoms. The van der Waals surface area contributed by atoms with Gasteiger partial charge in [0.25, 0.3) is 0 Å². The minimum absolute atomic E-state index is 0.0624. The SMILES string of the molecule is Cc1ccnc(Nc2ccc(C(=O)O)c(Cl)c2)n1. The Hall–Kier alpha value is -2.14. The third-order valence-electron chi connectivity index (χ3n) is 2.25. The number of rotatable bonds is 3. The first kappa shape index (κ1) is 12.3. The number of hydrogen-bond donors (Lipinski definition) is 2. The molecule has 0 aliphatic heterocycles. The second-order valence-electron chi connectivity index (χ2n) is 3.65. The summed E-state index contributed by atoms with van der Waals surface area (Å²) in [5.41, 5.74) is 1.53. The number of halogens is 1. The Kier molecular flexibility index (Phi) is 3.43. The van der Waals surface area contributed by atoms with Gasteiger partial charge >= 0.3 is 5.97 Å². The molecular weight excluding hydrogens is 254 g/mol. The van der Waals surface area contributed by atoms with Gasteiger partial charge in [0.15, 0.2) is 0 Å². The zero-order chi connectivity index (χ0) is 13.1. The van der Waals surface area contributed by atoms with Crippen molar-refractivity contribution in [3.05, 3.63) is 46.7 Å². The molecule has 0 spiro atoms. The van der Waals surface area contributed by atoms with E-state index in [0.29, 0.717) is 11.6 Å².